The third kappa shape index (κ3) is 2.18. The molecule has 1 rings (SSSR count). The molecule has 0 aliphatic heterocycles. The van der Waals surface area contributed by atoms with Crippen LogP contribution >= 0.6 is 15.9 Å². The molecule has 0 saturated heterocycles. The highest BCUT2D eigenvalue weighted by Crippen LogP contribution is 2.11. The van der Waals surface area contributed by atoms with Gasteiger partial charge >= 0.3 is 0 Å². The average molecular weight is 227 g/mol. The van der Waals surface area contributed by atoms with Gasteiger partial charge in [0.15, 0.2) is 0 Å². The Morgan fingerprint density at radius 2 is 2.25 bits per heavy atom. The molecule has 0 heterocycles. The summed E-state index contributed by atoms with van der Waals surface area (Å²) in [5, 5.41) is 0.900. The van der Waals surface area contributed by atoms with Gasteiger partial charge in [0.2, 0.25) is 0 Å². The van der Waals surface area contributed by atoms with Gasteiger partial charge in [-0.25, -0.2) is 0 Å². The topological polar surface area (TPSA) is 17.1 Å². The molecule has 0 radical (unpaired) electrons. The summed E-state index contributed by atoms with van der Waals surface area (Å²) in [6.45, 7) is 1.99. The molecule has 1 aromatic rings. The first-order valence-electron chi connectivity index (χ1n) is 3.88. The first kappa shape index (κ1) is 9.46. The second kappa shape index (κ2) is 4.41. The van der Waals surface area contributed by atoms with Gasteiger partial charge in [-0.15, -0.1) is 0 Å². The summed E-state index contributed by atoms with van der Waals surface area (Å²) in [4.78, 5) is 10.6. The maximum absolute atomic E-state index is 10.6. The number of carbonyl (C=O) groups is 1. The molecule has 0 bridgehead atoms. The predicted octanol–water partition coefficient (Wildman–Crippen LogP) is 2.74. The molecule has 0 aromatic heterocycles. The van der Waals surface area contributed by atoms with Crippen molar-refractivity contribution in [3.05, 3.63) is 34.9 Å². The third-order valence-corrected chi connectivity index (χ3v) is 2.19. The van der Waals surface area contributed by atoms with E-state index >= 15 is 0 Å². The number of aldehydes is 1. The minimum absolute atomic E-state index is 0.814. The number of rotatable bonds is 3. The zero-order valence-corrected chi connectivity index (χ0v) is 8.60. The van der Waals surface area contributed by atoms with E-state index in [2.05, 4.69) is 15.9 Å². The summed E-state index contributed by atoms with van der Waals surface area (Å²) in [5.74, 6) is 0. The molecule has 0 amide bonds. The molecule has 64 valence electrons. The molecule has 0 spiro atoms. The summed E-state index contributed by atoms with van der Waals surface area (Å²) in [5.41, 5.74) is 3.07. The molecule has 0 aliphatic rings. The van der Waals surface area contributed by atoms with Gasteiger partial charge in [0, 0.05) is 10.9 Å². The van der Waals surface area contributed by atoms with Crippen LogP contribution in [0, 0.1) is 6.92 Å². The molecule has 0 unspecified atom stereocenters. The maximum Gasteiger partial charge on any atom is 0.150 e. The third-order valence-electron chi connectivity index (χ3n) is 1.79. The lowest BCUT2D eigenvalue weighted by atomic mass is 10.0. The van der Waals surface area contributed by atoms with Crippen molar-refractivity contribution < 1.29 is 4.79 Å². The number of benzene rings is 1. The Bertz CT molecular complexity index is 281. The Labute approximate surface area is 80.9 Å². The Kier molecular flexibility index (Phi) is 3.48. The summed E-state index contributed by atoms with van der Waals surface area (Å²) in [6, 6.07) is 5.97. The number of carbonyl (C=O) groups excluding carboxylic acids is 1. The van der Waals surface area contributed by atoms with Gasteiger partial charge in [0.1, 0.15) is 6.29 Å². The lowest BCUT2D eigenvalue weighted by Gasteiger charge is -2.02. The van der Waals surface area contributed by atoms with Crippen LogP contribution < -0.4 is 0 Å². The summed E-state index contributed by atoms with van der Waals surface area (Å²) in [7, 11) is 0. The van der Waals surface area contributed by atoms with Crippen LogP contribution in [0.4, 0.5) is 0 Å². The standard InChI is InChI=1S/C10H11BrO/c1-8-2-3-9(4-5-11)10(6-8)7-12/h2-3,6-7H,4-5H2,1H3. The van der Waals surface area contributed by atoms with Crippen molar-refractivity contribution in [1.29, 1.82) is 0 Å². The van der Waals surface area contributed by atoms with Crippen LogP contribution in [-0.2, 0) is 6.42 Å². The van der Waals surface area contributed by atoms with Crippen LogP contribution in [0.5, 0.6) is 0 Å². The Hall–Kier alpha value is -0.630. The van der Waals surface area contributed by atoms with E-state index in [0.717, 1.165) is 34.7 Å². The van der Waals surface area contributed by atoms with Crippen molar-refractivity contribution in [2.75, 3.05) is 5.33 Å². The van der Waals surface area contributed by atoms with Gasteiger partial charge in [-0.1, -0.05) is 33.6 Å². The van der Waals surface area contributed by atoms with Crippen LogP contribution in [0.3, 0.4) is 0 Å². The molecule has 1 aromatic carbocycles. The Balaban J connectivity index is 3.02. The number of hydrogen-bond donors (Lipinski definition) is 0. The Morgan fingerprint density at radius 3 is 2.83 bits per heavy atom. The van der Waals surface area contributed by atoms with Crippen LogP contribution in [-0.4, -0.2) is 11.6 Å². The van der Waals surface area contributed by atoms with Crippen molar-refractivity contribution in [1.82, 2.24) is 0 Å². The normalized spacial score (nSPS) is 9.83. The maximum atomic E-state index is 10.6. The lowest BCUT2D eigenvalue weighted by Crippen LogP contribution is -1.94. The fraction of sp³-hybridized carbons (Fsp3) is 0.300. The summed E-state index contributed by atoms with van der Waals surface area (Å²) in [6.07, 6.45) is 1.83. The fourth-order valence-electron chi connectivity index (χ4n) is 1.15. The highest BCUT2D eigenvalue weighted by atomic mass is 79.9. The SMILES string of the molecule is Cc1ccc(CCBr)c(C=O)c1. The summed E-state index contributed by atoms with van der Waals surface area (Å²) < 4.78 is 0. The number of alkyl halides is 1. The number of halogens is 1. The molecule has 0 N–H and O–H groups in total. The van der Waals surface area contributed by atoms with E-state index in [-0.39, 0.29) is 0 Å². The predicted molar refractivity (Wildman–Crippen MR) is 54.1 cm³/mol. The van der Waals surface area contributed by atoms with Gasteiger partial charge in [0.05, 0.1) is 0 Å². The molecule has 0 atom stereocenters. The highest BCUT2D eigenvalue weighted by Gasteiger charge is 1.99. The van der Waals surface area contributed by atoms with Gasteiger partial charge in [-0.2, -0.15) is 0 Å². The Morgan fingerprint density at radius 1 is 1.50 bits per heavy atom. The molecule has 12 heavy (non-hydrogen) atoms. The monoisotopic (exact) mass is 226 g/mol. The first-order chi connectivity index (χ1) is 5.77. The van der Waals surface area contributed by atoms with Crippen molar-refractivity contribution in [3.63, 3.8) is 0 Å². The van der Waals surface area contributed by atoms with E-state index in [4.69, 9.17) is 0 Å². The highest BCUT2D eigenvalue weighted by molar-refractivity contribution is 9.09. The molecule has 0 saturated carbocycles. The van der Waals surface area contributed by atoms with Crippen LogP contribution in [0.1, 0.15) is 21.5 Å². The van der Waals surface area contributed by atoms with Crippen LogP contribution in [0.2, 0.25) is 0 Å². The second-order valence-electron chi connectivity index (χ2n) is 2.76. The molecule has 0 aliphatic carbocycles. The molecule has 1 nitrogen and oxygen atoms in total. The fourth-order valence-corrected chi connectivity index (χ4v) is 1.58. The van der Waals surface area contributed by atoms with Gasteiger partial charge < -0.3 is 0 Å². The zero-order chi connectivity index (χ0) is 8.97. The van der Waals surface area contributed by atoms with Gasteiger partial charge in [-0.05, 0) is 25.0 Å². The summed E-state index contributed by atoms with van der Waals surface area (Å²) >= 11 is 3.35. The number of hydrogen-bond acceptors (Lipinski definition) is 1. The smallest absolute Gasteiger partial charge is 0.150 e. The van der Waals surface area contributed by atoms with Crippen molar-refractivity contribution >= 4 is 22.2 Å². The van der Waals surface area contributed by atoms with Gasteiger partial charge in [-0.3, -0.25) is 4.79 Å². The van der Waals surface area contributed by atoms with E-state index in [1.54, 1.807) is 0 Å². The lowest BCUT2D eigenvalue weighted by molar-refractivity contribution is 0.112. The number of aryl methyl sites for hydroxylation is 2. The van der Waals surface area contributed by atoms with E-state index in [0.29, 0.717) is 0 Å². The van der Waals surface area contributed by atoms with Crippen molar-refractivity contribution in [2.45, 2.75) is 13.3 Å². The van der Waals surface area contributed by atoms with Crippen molar-refractivity contribution in [2.24, 2.45) is 0 Å². The minimum Gasteiger partial charge on any atom is -0.298 e. The van der Waals surface area contributed by atoms with Gasteiger partial charge in [0.25, 0.3) is 0 Å². The quantitative estimate of drug-likeness (QED) is 0.573. The molecular formula is C10H11BrO. The van der Waals surface area contributed by atoms with E-state index < -0.39 is 0 Å². The first-order valence-corrected chi connectivity index (χ1v) is 5.00. The van der Waals surface area contributed by atoms with E-state index in [1.165, 1.54) is 0 Å². The van der Waals surface area contributed by atoms with E-state index in [1.807, 2.05) is 25.1 Å². The second-order valence-corrected chi connectivity index (χ2v) is 3.55. The van der Waals surface area contributed by atoms with Crippen LogP contribution in [0.25, 0.3) is 0 Å². The largest absolute Gasteiger partial charge is 0.298 e. The molecular weight excluding hydrogens is 216 g/mol. The van der Waals surface area contributed by atoms with E-state index in [9.17, 15) is 4.79 Å². The zero-order valence-electron chi connectivity index (χ0n) is 7.01. The average Bonchev–Trinajstić information content (AvgIpc) is 2.08. The minimum atomic E-state index is 0.814. The molecule has 0 fully saturated rings. The van der Waals surface area contributed by atoms with Crippen molar-refractivity contribution in [3.8, 4) is 0 Å². The van der Waals surface area contributed by atoms with Crippen LogP contribution in [0.15, 0.2) is 18.2 Å². The molecule has 2 heteroatoms.